The minimum absolute atomic E-state index is 0.800. The van der Waals surface area contributed by atoms with Crippen molar-refractivity contribution in [2.45, 2.75) is 9.79 Å². The van der Waals surface area contributed by atoms with Crippen LogP contribution >= 0.6 is 0 Å². The molecule has 0 N–H and O–H groups in total. The van der Waals surface area contributed by atoms with E-state index in [0.717, 1.165) is 15.4 Å². The third-order valence-electron chi connectivity index (χ3n) is 2.07. The summed E-state index contributed by atoms with van der Waals surface area (Å²) >= 11 is -1.10. The summed E-state index contributed by atoms with van der Waals surface area (Å²) in [4.78, 5) is 1.62. The maximum absolute atomic E-state index is 12.1. The van der Waals surface area contributed by atoms with E-state index in [2.05, 4.69) is 6.92 Å². The highest BCUT2D eigenvalue weighted by Gasteiger charge is 2.13. The molecule has 0 aliphatic heterocycles. The van der Waals surface area contributed by atoms with Gasteiger partial charge in [-0.2, -0.15) is 0 Å². The van der Waals surface area contributed by atoms with Crippen molar-refractivity contribution in [3.05, 3.63) is 67.1 Å². The highest BCUT2D eigenvalue weighted by molar-refractivity contribution is 7.91. The van der Waals surface area contributed by atoms with Crippen molar-refractivity contribution >= 4 is 11.2 Å². The second-order valence-electron chi connectivity index (χ2n) is 3.23. The molecular formula is C13H11OS. The zero-order chi connectivity index (χ0) is 10.7. The predicted octanol–water partition coefficient (Wildman–Crippen LogP) is 3.04. The van der Waals surface area contributed by atoms with E-state index in [-0.39, 0.29) is 0 Å². The normalized spacial score (nSPS) is 12.4. The third-order valence-corrected chi connectivity index (χ3v) is 3.45. The van der Waals surface area contributed by atoms with E-state index in [4.69, 9.17) is 0 Å². The lowest BCUT2D eigenvalue weighted by molar-refractivity contribution is 0.595. The molecule has 2 rings (SSSR count). The van der Waals surface area contributed by atoms with E-state index < -0.39 is 11.2 Å². The molecule has 2 aromatic carbocycles. The van der Waals surface area contributed by atoms with Crippen LogP contribution in [0.25, 0.3) is 0 Å². The molecule has 1 atom stereocenters. The third kappa shape index (κ3) is 2.41. The average Bonchev–Trinajstić information content (AvgIpc) is 2.29. The molecule has 0 aromatic heterocycles. The Labute approximate surface area is 92.9 Å². The molecule has 0 saturated heterocycles. The number of hydrogen-bond acceptors (Lipinski definition) is 1. The van der Waals surface area contributed by atoms with Crippen LogP contribution in [0.4, 0.5) is 0 Å². The van der Waals surface area contributed by atoms with Crippen molar-refractivity contribution in [2.24, 2.45) is 0 Å². The zero-order valence-electron chi connectivity index (χ0n) is 8.22. The Bertz CT molecular complexity index is 439. The molecule has 0 amide bonds. The van der Waals surface area contributed by atoms with E-state index in [1.165, 1.54) is 0 Å². The Kier molecular flexibility index (Phi) is 3.09. The van der Waals surface area contributed by atoms with Crippen molar-refractivity contribution in [1.82, 2.24) is 0 Å². The molecule has 1 nitrogen and oxygen atoms in total. The fraction of sp³-hybridized carbons (Fsp3) is 0. The molecule has 75 valence electrons. The van der Waals surface area contributed by atoms with Gasteiger partial charge >= 0.3 is 0 Å². The second kappa shape index (κ2) is 4.51. The van der Waals surface area contributed by atoms with Crippen LogP contribution in [0, 0.1) is 6.92 Å². The van der Waals surface area contributed by atoms with Crippen LogP contribution in [-0.4, -0.2) is 4.55 Å². The first-order chi connectivity index (χ1) is 7.27. The molecule has 15 heavy (non-hydrogen) atoms. The summed E-state index contributed by atoms with van der Waals surface area (Å²) in [5.74, 6) is 0. The molecule has 0 aliphatic rings. The first kappa shape index (κ1) is 10.3. The van der Waals surface area contributed by atoms with E-state index in [1.807, 2.05) is 54.6 Å². The lowest BCUT2D eigenvalue weighted by atomic mass is 10.2. The maximum Gasteiger partial charge on any atom is 0.158 e. The van der Waals surface area contributed by atoms with Crippen molar-refractivity contribution in [3.63, 3.8) is 0 Å². The van der Waals surface area contributed by atoms with Crippen LogP contribution < -0.4 is 0 Å². The summed E-state index contributed by atoms with van der Waals surface area (Å²) in [6.45, 7) is 3.82. The monoisotopic (exact) mass is 215 g/mol. The summed E-state index contributed by atoms with van der Waals surface area (Å²) < 4.78 is 12.1. The SMILES string of the molecule is [CH2]c1cccc([S+]([O-])c2ccccc2)c1. The van der Waals surface area contributed by atoms with Crippen molar-refractivity contribution < 1.29 is 4.55 Å². The molecule has 0 aliphatic carbocycles. The summed E-state index contributed by atoms with van der Waals surface area (Å²) in [6, 6.07) is 16.9. The largest absolute Gasteiger partial charge is 0.606 e. The van der Waals surface area contributed by atoms with Gasteiger partial charge in [-0.05, 0) is 36.8 Å². The maximum atomic E-state index is 12.1. The second-order valence-corrected chi connectivity index (χ2v) is 4.71. The highest BCUT2D eigenvalue weighted by atomic mass is 32.2. The fourth-order valence-electron chi connectivity index (χ4n) is 1.34. The van der Waals surface area contributed by atoms with Gasteiger partial charge in [-0.15, -0.1) is 0 Å². The van der Waals surface area contributed by atoms with Gasteiger partial charge in [0.15, 0.2) is 9.79 Å². The van der Waals surface area contributed by atoms with Gasteiger partial charge in [0.25, 0.3) is 0 Å². The van der Waals surface area contributed by atoms with Gasteiger partial charge in [-0.3, -0.25) is 0 Å². The average molecular weight is 215 g/mol. The minimum Gasteiger partial charge on any atom is -0.606 e. The Morgan fingerprint density at radius 2 is 1.53 bits per heavy atom. The Hall–Kier alpha value is -1.25. The molecule has 0 fully saturated rings. The van der Waals surface area contributed by atoms with E-state index >= 15 is 0 Å². The Morgan fingerprint density at radius 1 is 0.867 bits per heavy atom. The van der Waals surface area contributed by atoms with Gasteiger partial charge in [0.1, 0.15) is 0 Å². The first-order valence-corrected chi connectivity index (χ1v) is 5.81. The van der Waals surface area contributed by atoms with E-state index in [0.29, 0.717) is 0 Å². The summed E-state index contributed by atoms with van der Waals surface area (Å²) in [6.07, 6.45) is 0. The van der Waals surface area contributed by atoms with Crippen molar-refractivity contribution in [3.8, 4) is 0 Å². The number of rotatable bonds is 2. The van der Waals surface area contributed by atoms with Gasteiger partial charge in [0, 0.05) is 11.2 Å². The molecule has 0 heterocycles. The Morgan fingerprint density at radius 3 is 2.20 bits per heavy atom. The molecule has 0 bridgehead atoms. The zero-order valence-corrected chi connectivity index (χ0v) is 9.04. The molecule has 2 aromatic rings. The number of hydrogen-bond donors (Lipinski definition) is 0. The van der Waals surface area contributed by atoms with E-state index in [9.17, 15) is 4.55 Å². The molecule has 1 unspecified atom stereocenters. The van der Waals surface area contributed by atoms with E-state index in [1.54, 1.807) is 0 Å². The molecule has 1 radical (unpaired) electrons. The first-order valence-electron chi connectivity index (χ1n) is 4.66. The van der Waals surface area contributed by atoms with Crippen molar-refractivity contribution in [1.29, 1.82) is 0 Å². The fourth-order valence-corrected chi connectivity index (χ4v) is 2.48. The highest BCUT2D eigenvalue weighted by Crippen LogP contribution is 2.20. The van der Waals surface area contributed by atoms with Crippen LogP contribution in [0.3, 0.4) is 0 Å². The van der Waals surface area contributed by atoms with Crippen LogP contribution in [-0.2, 0) is 11.2 Å². The summed E-state index contributed by atoms with van der Waals surface area (Å²) in [7, 11) is 0. The minimum atomic E-state index is -1.10. The lowest BCUT2D eigenvalue weighted by Crippen LogP contribution is -2.01. The van der Waals surface area contributed by atoms with Gasteiger partial charge in [0.2, 0.25) is 0 Å². The van der Waals surface area contributed by atoms with Crippen LogP contribution in [0.5, 0.6) is 0 Å². The van der Waals surface area contributed by atoms with Gasteiger partial charge < -0.3 is 4.55 Å². The lowest BCUT2D eigenvalue weighted by Gasteiger charge is -2.09. The topological polar surface area (TPSA) is 23.1 Å². The number of benzene rings is 2. The Balaban J connectivity index is 2.32. The molecule has 0 spiro atoms. The van der Waals surface area contributed by atoms with Gasteiger partial charge in [-0.25, -0.2) is 0 Å². The molecule has 2 heteroatoms. The van der Waals surface area contributed by atoms with Crippen LogP contribution in [0.2, 0.25) is 0 Å². The van der Waals surface area contributed by atoms with Crippen molar-refractivity contribution in [2.75, 3.05) is 0 Å². The van der Waals surface area contributed by atoms with Crippen LogP contribution in [0.1, 0.15) is 5.56 Å². The van der Waals surface area contributed by atoms with Gasteiger partial charge in [-0.1, -0.05) is 30.3 Å². The van der Waals surface area contributed by atoms with Crippen LogP contribution in [0.15, 0.2) is 64.4 Å². The quantitative estimate of drug-likeness (QED) is 0.706. The predicted molar refractivity (Wildman–Crippen MR) is 62.0 cm³/mol. The molecule has 0 saturated carbocycles. The summed E-state index contributed by atoms with van der Waals surface area (Å²) in [5, 5.41) is 0. The summed E-state index contributed by atoms with van der Waals surface area (Å²) in [5.41, 5.74) is 0.886. The standard InChI is InChI=1S/C13H11OS/c1-11-6-5-9-13(10-11)15(14)12-7-3-2-4-8-12/h2-10H,1H2. The molecular weight excluding hydrogens is 204 g/mol. The smallest absolute Gasteiger partial charge is 0.158 e. The van der Waals surface area contributed by atoms with Gasteiger partial charge in [0.05, 0.1) is 0 Å².